The van der Waals surface area contributed by atoms with Gasteiger partial charge in [0.2, 0.25) is 0 Å². The van der Waals surface area contributed by atoms with Gasteiger partial charge in [0.1, 0.15) is 24.6 Å². The summed E-state index contributed by atoms with van der Waals surface area (Å²) < 4.78 is 8.03. The molecule has 0 N–H and O–H groups in total. The number of hydrogen-bond donors (Lipinski definition) is 0. The fraction of sp³-hybridized carbons (Fsp3) is 0.647. The van der Waals surface area contributed by atoms with Gasteiger partial charge in [-0.3, -0.25) is 0 Å². The maximum Gasteiger partial charge on any atom is 0.163 e. The van der Waals surface area contributed by atoms with Crippen molar-refractivity contribution in [2.45, 2.75) is 51.7 Å². The van der Waals surface area contributed by atoms with Gasteiger partial charge in [0.25, 0.3) is 0 Å². The molecule has 1 saturated heterocycles. The first-order valence-corrected chi connectivity index (χ1v) is 8.94. The molecule has 128 valence electrons. The molecule has 0 spiro atoms. The molecule has 2 aromatic rings. The Labute approximate surface area is 142 Å². The first kappa shape index (κ1) is 15.5. The highest BCUT2D eigenvalue weighted by molar-refractivity contribution is 5.49. The monoisotopic (exact) mass is 328 g/mol. The maximum atomic E-state index is 5.98. The minimum atomic E-state index is -0.0578. The van der Waals surface area contributed by atoms with Crippen LogP contribution in [0.3, 0.4) is 0 Å². The standard InChI is InChI=1S/C17H24N6O/c1-2-22-12-20-21-17(22)15-10-23(8-9-24-15)16-13-6-4-3-5-7-14(13)18-11-19-16/h11-12,15H,2-10H2,1H3/t15-/m1/s1. The highest BCUT2D eigenvalue weighted by Crippen LogP contribution is 2.30. The van der Waals surface area contributed by atoms with E-state index in [1.165, 1.54) is 30.5 Å². The summed E-state index contributed by atoms with van der Waals surface area (Å²) in [6.45, 7) is 5.26. The summed E-state index contributed by atoms with van der Waals surface area (Å²) in [4.78, 5) is 11.5. The fourth-order valence-corrected chi connectivity index (χ4v) is 3.71. The van der Waals surface area contributed by atoms with Crippen molar-refractivity contribution in [1.29, 1.82) is 0 Å². The van der Waals surface area contributed by atoms with E-state index < -0.39 is 0 Å². The molecule has 1 aliphatic carbocycles. The van der Waals surface area contributed by atoms with Gasteiger partial charge < -0.3 is 14.2 Å². The van der Waals surface area contributed by atoms with Crippen molar-refractivity contribution in [1.82, 2.24) is 24.7 Å². The van der Waals surface area contributed by atoms with E-state index in [1.54, 1.807) is 12.7 Å². The van der Waals surface area contributed by atoms with Gasteiger partial charge in [0.15, 0.2) is 5.82 Å². The van der Waals surface area contributed by atoms with Crippen LogP contribution in [0.4, 0.5) is 5.82 Å². The zero-order valence-electron chi connectivity index (χ0n) is 14.2. The zero-order chi connectivity index (χ0) is 16.4. The molecule has 7 heteroatoms. The number of fused-ring (bicyclic) bond motifs is 1. The molecule has 0 aromatic carbocycles. The van der Waals surface area contributed by atoms with Gasteiger partial charge in [-0.25, -0.2) is 9.97 Å². The quantitative estimate of drug-likeness (QED) is 0.802. The van der Waals surface area contributed by atoms with E-state index in [0.717, 1.165) is 44.1 Å². The third kappa shape index (κ3) is 2.88. The first-order chi connectivity index (χ1) is 11.9. The number of rotatable bonds is 3. The Kier molecular flexibility index (Phi) is 4.42. The van der Waals surface area contributed by atoms with Crippen molar-refractivity contribution in [3.63, 3.8) is 0 Å². The van der Waals surface area contributed by atoms with Crippen molar-refractivity contribution in [3.8, 4) is 0 Å². The average Bonchev–Trinajstić information content (AvgIpc) is 2.98. The minimum Gasteiger partial charge on any atom is -0.366 e. The Balaban J connectivity index is 1.61. The largest absolute Gasteiger partial charge is 0.366 e. The number of aryl methyl sites for hydroxylation is 2. The molecule has 0 amide bonds. The van der Waals surface area contributed by atoms with Crippen molar-refractivity contribution in [3.05, 3.63) is 29.7 Å². The van der Waals surface area contributed by atoms with E-state index in [4.69, 9.17) is 4.74 Å². The third-order valence-corrected chi connectivity index (χ3v) is 4.99. The van der Waals surface area contributed by atoms with Gasteiger partial charge in [0.05, 0.1) is 13.2 Å². The summed E-state index contributed by atoms with van der Waals surface area (Å²) >= 11 is 0. The Morgan fingerprint density at radius 1 is 1.21 bits per heavy atom. The van der Waals surface area contributed by atoms with Crippen molar-refractivity contribution < 1.29 is 4.74 Å². The van der Waals surface area contributed by atoms with Crippen LogP contribution < -0.4 is 4.90 Å². The summed E-state index contributed by atoms with van der Waals surface area (Å²) in [6, 6.07) is 0. The predicted octanol–water partition coefficient (Wildman–Crippen LogP) is 1.93. The number of aromatic nitrogens is 5. The maximum absolute atomic E-state index is 5.98. The highest BCUT2D eigenvalue weighted by atomic mass is 16.5. The van der Waals surface area contributed by atoms with Gasteiger partial charge >= 0.3 is 0 Å². The van der Waals surface area contributed by atoms with E-state index in [0.29, 0.717) is 6.61 Å². The summed E-state index contributed by atoms with van der Waals surface area (Å²) in [5.41, 5.74) is 2.57. The van der Waals surface area contributed by atoms with E-state index in [1.807, 2.05) is 0 Å². The van der Waals surface area contributed by atoms with E-state index in [2.05, 4.69) is 36.6 Å². The third-order valence-electron chi connectivity index (χ3n) is 4.99. The summed E-state index contributed by atoms with van der Waals surface area (Å²) in [5.74, 6) is 2.00. The lowest BCUT2D eigenvalue weighted by atomic mass is 10.1. The molecule has 0 radical (unpaired) electrons. The van der Waals surface area contributed by atoms with Crippen LogP contribution in [-0.4, -0.2) is 44.4 Å². The van der Waals surface area contributed by atoms with Gasteiger partial charge in [-0.1, -0.05) is 6.42 Å². The van der Waals surface area contributed by atoms with Gasteiger partial charge in [-0.2, -0.15) is 0 Å². The number of hydrogen-bond acceptors (Lipinski definition) is 6. The number of nitrogens with zero attached hydrogens (tertiary/aromatic N) is 6. The molecule has 2 aliphatic rings. The Bertz CT molecular complexity index is 700. The van der Waals surface area contributed by atoms with E-state index >= 15 is 0 Å². The van der Waals surface area contributed by atoms with Crippen LogP contribution in [0.1, 0.15) is 49.4 Å². The van der Waals surface area contributed by atoms with E-state index in [-0.39, 0.29) is 6.10 Å². The molecule has 3 heterocycles. The number of ether oxygens (including phenoxy) is 1. The molecule has 2 aromatic heterocycles. The van der Waals surface area contributed by atoms with Crippen LogP contribution in [0.25, 0.3) is 0 Å². The first-order valence-electron chi connectivity index (χ1n) is 8.94. The second kappa shape index (κ2) is 6.84. The lowest BCUT2D eigenvalue weighted by Crippen LogP contribution is -2.40. The number of morpholine rings is 1. The molecule has 4 rings (SSSR count). The van der Waals surface area contributed by atoms with Crippen LogP contribution in [0.5, 0.6) is 0 Å². The fourth-order valence-electron chi connectivity index (χ4n) is 3.71. The highest BCUT2D eigenvalue weighted by Gasteiger charge is 2.28. The van der Waals surface area contributed by atoms with Crippen LogP contribution in [0.2, 0.25) is 0 Å². The molecular formula is C17H24N6O. The smallest absolute Gasteiger partial charge is 0.163 e. The van der Waals surface area contributed by atoms with Crippen molar-refractivity contribution >= 4 is 5.82 Å². The van der Waals surface area contributed by atoms with Gasteiger partial charge in [0, 0.05) is 24.3 Å². The lowest BCUT2D eigenvalue weighted by Gasteiger charge is -2.34. The second-order valence-electron chi connectivity index (χ2n) is 6.46. The van der Waals surface area contributed by atoms with Crippen LogP contribution in [0.15, 0.2) is 12.7 Å². The van der Waals surface area contributed by atoms with Gasteiger partial charge in [-0.15, -0.1) is 10.2 Å². The van der Waals surface area contributed by atoms with Gasteiger partial charge in [-0.05, 0) is 32.6 Å². The van der Waals surface area contributed by atoms with Crippen LogP contribution in [-0.2, 0) is 24.1 Å². The topological polar surface area (TPSA) is 69.0 Å². The summed E-state index contributed by atoms with van der Waals surface area (Å²) in [5, 5.41) is 8.31. The number of anilines is 1. The van der Waals surface area contributed by atoms with Crippen molar-refractivity contribution in [2.24, 2.45) is 0 Å². The molecule has 24 heavy (non-hydrogen) atoms. The average molecular weight is 328 g/mol. The molecule has 1 fully saturated rings. The normalized spacial score (nSPS) is 21.4. The van der Waals surface area contributed by atoms with Crippen LogP contribution >= 0.6 is 0 Å². The second-order valence-corrected chi connectivity index (χ2v) is 6.46. The Hall–Kier alpha value is -2.02. The molecule has 0 bridgehead atoms. The van der Waals surface area contributed by atoms with Crippen LogP contribution in [0, 0.1) is 0 Å². The molecule has 1 aliphatic heterocycles. The Morgan fingerprint density at radius 2 is 2.12 bits per heavy atom. The molecule has 0 unspecified atom stereocenters. The SMILES string of the molecule is CCn1cnnc1[C@H]1CN(c2ncnc3c2CCCCC3)CCO1. The van der Waals surface area contributed by atoms with E-state index in [9.17, 15) is 0 Å². The molecule has 7 nitrogen and oxygen atoms in total. The zero-order valence-corrected chi connectivity index (χ0v) is 14.2. The summed E-state index contributed by atoms with van der Waals surface area (Å²) in [7, 11) is 0. The minimum absolute atomic E-state index is 0.0578. The lowest BCUT2D eigenvalue weighted by molar-refractivity contribution is 0.0313. The van der Waals surface area contributed by atoms with Crippen molar-refractivity contribution in [2.75, 3.05) is 24.6 Å². The summed E-state index contributed by atoms with van der Waals surface area (Å²) in [6.07, 6.45) is 9.33. The predicted molar refractivity (Wildman–Crippen MR) is 89.9 cm³/mol. The molecule has 1 atom stereocenters. The Morgan fingerprint density at radius 3 is 3.04 bits per heavy atom. The molecular weight excluding hydrogens is 304 g/mol. The molecule has 0 saturated carbocycles.